The van der Waals surface area contributed by atoms with E-state index >= 15 is 0 Å². The van der Waals surface area contributed by atoms with Crippen LogP contribution in [0.1, 0.15) is 0 Å². The molecule has 0 aliphatic rings. The number of ether oxygens (including phenoxy) is 1. The number of nitrogens with zero attached hydrogens (tertiary/aromatic N) is 2. The second-order valence-corrected chi connectivity index (χ2v) is 5.10. The maximum Gasteiger partial charge on any atom is 0.181 e. The smallest absolute Gasteiger partial charge is 0.181 e. The van der Waals surface area contributed by atoms with E-state index in [4.69, 9.17) is 10.5 Å². The van der Waals surface area contributed by atoms with Crippen molar-refractivity contribution in [3.8, 4) is 17.0 Å². The molecule has 0 aliphatic heterocycles. The zero-order valence-electron chi connectivity index (χ0n) is 10.6. The van der Waals surface area contributed by atoms with Crippen molar-refractivity contribution in [1.29, 1.82) is 0 Å². The lowest BCUT2D eigenvalue weighted by molar-refractivity contribution is 0.417. The fraction of sp³-hybridized carbons (Fsp3) is 0.0714. The van der Waals surface area contributed by atoms with Gasteiger partial charge in [-0.2, -0.15) is 0 Å². The molecule has 0 unspecified atom stereocenters. The number of pyridine rings is 1. The van der Waals surface area contributed by atoms with E-state index in [0.29, 0.717) is 27.4 Å². The molecule has 0 radical (unpaired) electrons. The van der Waals surface area contributed by atoms with Gasteiger partial charge < -0.3 is 10.5 Å². The number of imidazole rings is 1. The lowest BCUT2D eigenvalue weighted by atomic mass is 10.1. The number of nitrogens with two attached hydrogens (primary N) is 1. The number of nitrogen functional groups attached to an aromatic ring is 1. The summed E-state index contributed by atoms with van der Waals surface area (Å²) in [6.45, 7) is 0. The van der Waals surface area contributed by atoms with E-state index in [1.54, 1.807) is 23.6 Å². The van der Waals surface area contributed by atoms with Crippen molar-refractivity contribution in [3.63, 3.8) is 0 Å². The van der Waals surface area contributed by atoms with Crippen molar-refractivity contribution in [2.45, 2.75) is 0 Å². The van der Waals surface area contributed by atoms with E-state index < -0.39 is 0 Å². The predicted octanol–water partition coefficient (Wildman–Crippen LogP) is 3.49. The summed E-state index contributed by atoms with van der Waals surface area (Å²) in [5, 5.41) is 0. The molecule has 0 saturated heterocycles. The third-order valence-electron chi connectivity index (χ3n) is 3.06. The fourth-order valence-corrected chi connectivity index (χ4v) is 2.45. The van der Waals surface area contributed by atoms with Crippen molar-refractivity contribution < 1.29 is 9.13 Å². The molecule has 0 atom stereocenters. The number of fused-ring (bicyclic) bond motifs is 1. The van der Waals surface area contributed by atoms with Crippen LogP contribution < -0.4 is 10.5 Å². The highest BCUT2D eigenvalue weighted by Gasteiger charge is 2.15. The topological polar surface area (TPSA) is 52.5 Å². The summed E-state index contributed by atoms with van der Waals surface area (Å²) < 4.78 is 20.7. The van der Waals surface area contributed by atoms with Gasteiger partial charge in [-0.15, -0.1) is 0 Å². The Labute approximate surface area is 123 Å². The van der Waals surface area contributed by atoms with Crippen LogP contribution >= 0.6 is 15.9 Å². The van der Waals surface area contributed by atoms with Crippen LogP contribution in [0.25, 0.3) is 16.9 Å². The van der Waals surface area contributed by atoms with Crippen LogP contribution in [-0.4, -0.2) is 16.5 Å². The molecule has 0 aliphatic carbocycles. The molecule has 3 aromatic rings. The summed E-state index contributed by atoms with van der Waals surface area (Å²) in [6, 6.07) is 8.31. The highest BCUT2D eigenvalue weighted by Crippen LogP contribution is 2.32. The lowest BCUT2D eigenvalue weighted by Crippen LogP contribution is -1.95. The number of hydrogen-bond acceptors (Lipinski definition) is 3. The molecule has 0 bridgehead atoms. The molecule has 3 rings (SSSR count). The molecule has 2 heterocycles. The molecule has 0 amide bonds. The second kappa shape index (κ2) is 4.79. The Kier molecular flexibility index (Phi) is 3.10. The van der Waals surface area contributed by atoms with Crippen LogP contribution in [0.5, 0.6) is 5.75 Å². The lowest BCUT2D eigenvalue weighted by Gasteiger charge is -2.02. The first-order chi connectivity index (χ1) is 9.61. The minimum atomic E-state index is -0.325. The molecule has 102 valence electrons. The van der Waals surface area contributed by atoms with Gasteiger partial charge in [0.1, 0.15) is 17.3 Å². The Morgan fingerprint density at radius 2 is 2.15 bits per heavy atom. The number of rotatable bonds is 2. The molecule has 2 aromatic heterocycles. The third kappa shape index (κ3) is 1.92. The highest BCUT2D eigenvalue weighted by atomic mass is 79.9. The standard InChI is InChI=1S/C14H11BrFN3O/c1-20-11-3-2-6-19-13(17)12(18-14(11)19)8-4-5-10(16)9(15)7-8/h2-7H,17H2,1H3. The Bertz CT molecular complexity index is 800. The number of hydrogen-bond donors (Lipinski definition) is 1. The van der Waals surface area contributed by atoms with Crippen LogP contribution in [0.2, 0.25) is 0 Å². The maximum atomic E-state index is 13.3. The van der Waals surface area contributed by atoms with Crippen molar-refractivity contribution >= 4 is 27.4 Å². The first-order valence-corrected chi connectivity index (χ1v) is 6.67. The Hall–Kier alpha value is -2.08. The minimum Gasteiger partial charge on any atom is -0.493 e. The van der Waals surface area contributed by atoms with Crippen molar-refractivity contribution in [2.75, 3.05) is 12.8 Å². The number of benzene rings is 1. The number of aromatic nitrogens is 2. The van der Waals surface area contributed by atoms with E-state index in [1.807, 2.05) is 18.3 Å². The van der Waals surface area contributed by atoms with Gasteiger partial charge in [0.05, 0.1) is 11.6 Å². The van der Waals surface area contributed by atoms with Gasteiger partial charge in [-0.3, -0.25) is 4.40 Å². The fourth-order valence-electron chi connectivity index (χ4n) is 2.08. The first-order valence-electron chi connectivity index (χ1n) is 5.88. The summed E-state index contributed by atoms with van der Waals surface area (Å²) in [6.07, 6.45) is 1.81. The maximum absolute atomic E-state index is 13.3. The number of anilines is 1. The van der Waals surface area contributed by atoms with E-state index in [1.165, 1.54) is 6.07 Å². The number of methoxy groups -OCH3 is 1. The average Bonchev–Trinajstić information content (AvgIpc) is 2.79. The van der Waals surface area contributed by atoms with Crippen molar-refractivity contribution in [1.82, 2.24) is 9.38 Å². The molecule has 6 heteroatoms. The van der Waals surface area contributed by atoms with Gasteiger partial charge in [0.25, 0.3) is 0 Å². The third-order valence-corrected chi connectivity index (χ3v) is 3.67. The SMILES string of the molecule is COc1cccn2c(N)c(-c3ccc(F)c(Br)c3)nc12. The van der Waals surface area contributed by atoms with Gasteiger partial charge in [-0.1, -0.05) is 0 Å². The van der Waals surface area contributed by atoms with Crippen LogP contribution in [0.4, 0.5) is 10.2 Å². The summed E-state index contributed by atoms with van der Waals surface area (Å²) in [7, 11) is 1.58. The first kappa shape index (κ1) is 12.9. The summed E-state index contributed by atoms with van der Waals surface area (Å²) >= 11 is 3.16. The average molecular weight is 336 g/mol. The molecule has 20 heavy (non-hydrogen) atoms. The van der Waals surface area contributed by atoms with E-state index in [0.717, 1.165) is 5.56 Å². The molecule has 0 fully saturated rings. The molecule has 4 nitrogen and oxygen atoms in total. The van der Waals surface area contributed by atoms with Crippen LogP contribution in [0, 0.1) is 5.82 Å². The van der Waals surface area contributed by atoms with Crippen molar-refractivity contribution in [2.24, 2.45) is 0 Å². The Balaban J connectivity index is 2.26. The Morgan fingerprint density at radius 1 is 1.35 bits per heavy atom. The van der Waals surface area contributed by atoms with Gasteiger partial charge >= 0.3 is 0 Å². The van der Waals surface area contributed by atoms with Gasteiger partial charge in [0.15, 0.2) is 11.4 Å². The van der Waals surface area contributed by atoms with Gasteiger partial charge in [-0.25, -0.2) is 9.37 Å². The van der Waals surface area contributed by atoms with Gasteiger partial charge in [-0.05, 0) is 46.3 Å². The molecular weight excluding hydrogens is 325 g/mol. The van der Waals surface area contributed by atoms with E-state index in [2.05, 4.69) is 20.9 Å². The minimum absolute atomic E-state index is 0.325. The zero-order chi connectivity index (χ0) is 14.3. The second-order valence-electron chi connectivity index (χ2n) is 4.24. The summed E-state index contributed by atoms with van der Waals surface area (Å²) in [4.78, 5) is 4.49. The number of halogens is 2. The molecule has 1 aromatic carbocycles. The quantitative estimate of drug-likeness (QED) is 0.779. The summed E-state index contributed by atoms with van der Waals surface area (Å²) in [5.74, 6) is 0.790. The normalized spacial score (nSPS) is 10.9. The zero-order valence-corrected chi connectivity index (χ0v) is 12.2. The van der Waals surface area contributed by atoms with Crippen molar-refractivity contribution in [3.05, 3.63) is 46.8 Å². The van der Waals surface area contributed by atoms with Crippen LogP contribution in [0.15, 0.2) is 41.0 Å². The monoisotopic (exact) mass is 335 g/mol. The highest BCUT2D eigenvalue weighted by molar-refractivity contribution is 9.10. The predicted molar refractivity (Wildman–Crippen MR) is 79.3 cm³/mol. The largest absolute Gasteiger partial charge is 0.493 e. The van der Waals surface area contributed by atoms with Crippen LogP contribution in [-0.2, 0) is 0 Å². The molecule has 0 saturated carbocycles. The Morgan fingerprint density at radius 3 is 2.85 bits per heavy atom. The molecular formula is C14H11BrFN3O. The molecule has 0 spiro atoms. The van der Waals surface area contributed by atoms with E-state index in [9.17, 15) is 4.39 Å². The van der Waals surface area contributed by atoms with E-state index in [-0.39, 0.29) is 5.82 Å². The van der Waals surface area contributed by atoms with Gasteiger partial charge in [0.2, 0.25) is 0 Å². The van der Waals surface area contributed by atoms with Crippen LogP contribution in [0.3, 0.4) is 0 Å². The summed E-state index contributed by atoms with van der Waals surface area (Å²) in [5.41, 5.74) is 8.08. The molecule has 2 N–H and O–H groups in total. The van der Waals surface area contributed by atoms with Gasteiger partial charge in [0, 0.05) is 11.8 Å².